The van der Waals surface area contributed by atoms with Gasteiger partial charge in [-0.3, -0.25) is 4.79 Å². The van der Waals surface area contributed by atoms with Crippen LogP contribution in [0.2, 0.25) is 0 Å². The molecule has 0 saturated carbocycles. The third-order valence-corrected chi connectivity index (χ3v) is 5.25. The maximum Gasteiger partial charge on any atom is 0.270 e. The average Bonchev–Trinajstić information content (AvgIpc) is 2.79. The summed E-state index contributed by atoms with van der Waals surface area (Å²) in [7, 11) is -2.19. The van der Waals surface area contributed by atoms with E-state index in [2.05, 4.69) is 14.8 Å². The highest BCUT2D eigenvalue weighted by Gasteiger charge is 2.19. The van der Waals surface area contributed by atoms with Crippen molar-refractivity contribution in [3.63, 3.8) is 0 Å². The largest absolute Gasteiger partial charge is 0.273 e. The summed E-state index contributed by atoms with van der Waals surface area (Å²) in [4.78, 5) is 14.9. The van der Waals surface area contributed by atoms with Gasteiger partial charge in [-0.05, 0) is 5.56 Å². The van der Waals surface area contributed by atoms with Gasteiger partial charge in [-0.15, -0.1) is 5.10 Å². The van der Waals surface area contributed by atoms with Crippen LogP contribution in [0.1, 0.15) is 12.5 Å². The first-order valence-corrected chi connectivity index (χ1v) is 8.31. The number of benzene rings is 1. The zero-order valence-corrected chi connectivity index (χ0v) is 13.1. The Morgan fingerprint density at radius 2 is 2.05 bits per heavy atom. The first-order valence-electron chi connectivity index (χ1n) is 6.01. The predicted octanol–water partition coefficient (Wildman–Crippen LogP) is 0.407. The van der Waals surface area contributed by atoms with E-state index in [4.69, 9.17) is 0 Å². The molecule has 0 atom stereocenters. The van der Waals surface area contributed by atoms with E-state index in [0.29, 0.717) is 0 Å². The molecule has 1 aromatic carbocycles. The Bertz CT molecular complexity index is 807. The van der Waals surface area contributed by atoms with Gasteiger partial charge in [-0.25, -0.2) is 17.8 Å². The van der Waals surface area contributed by atoms with Crippen molar-refractivity contribution in [1.82, 2.24) is 14.5 Å². The number of hydrogen-bond donors (Lipinski definition) is 1. The lowest BCUT2D eigenvalue weighted by Gasteiger charge is -2.03. The minimum atomic E-state index is -3.73. The number of aryl methyl sites for hydroxylation is 1. The van der Waals surface area contributed by atoms with Gasteiger partial charge in [-0.2, -0.15) is 4.99 Å². The summed E-state index contributed by atoms with van der Waals surface area (Å²) < 4.78 is 27.9. The fourth-order valence-electron chi connectivity index (χ4n) is 1.50. The molecule has 0 fully saturated rings. The third kappa shape index (κ3) is 4.06. The average molecular weight is 326 g/mol. The van der Waals surface area contributed by atoms with Crippen molar-refractivity contribution in [2.45, 2.75) is 17.8 Å². The van der Waals surface area contributed by atoms with Crippen LogP contribution in [-0.4, -0.2) is 24.1 Å². The monoisotopic (exact) mass is 326 g/mol. The molecule has 0 aliphatic carbocycles. The smallest absolute Gasteiger partial charge is 0.270 e. The van der Waals surface area contributed by atoms with E-state index in [0.717, 1.165) is 16.9 Å². The molecule has 0 spiro atoms. The quantitative estimate of drug-likeness (QED) is 0.880. The molecule has 2 rings (SSSR count). The van der Waals surface area contributed by atoms with Crippen LogP contribution in [0.15, 0.2) is 39.7 Å². The van der Waals surface area contributed by atoms with E-state index in [-0.39, 0.29) is 15.7 Å². The van der Waals surface area contributed by atoms with E-state index in [1.54, 1.807) is 0 Å². The lowest BCUT2D eigenvalue weighted by atomic mass is 10.2. The molecule has 21 heavy (non-hydrogen) atoms. The topological polar surface area (TPSA) is 93.4 Å². The van der Waals surface area contributed by atoms with E-state index in [9.17, 15) is 13.2 Å². The molecule has 1 heterocycles. The lowest BCUT2D eigenvalue weighted by molar-refractivity contribution is -0.116. The second-order valence-electron chi connectivity index (χ2n) is 4.22. The molecular formula is C12H14N4O3S2. The fourth-order valence-corrected chi connectivity index (χ4v) is 3.72. The number of carbonyl (C=O) groups excluding carboxylic acids is 1. The minimum Gasteiger partial charge on any atom is -0.273 e. The van der Waals surface area contributed by atoms with Crippen molar-refractivity contribution in [3.8, 4) is 0 Å². The van der Waals surface area contributed by atoms with Crippen LogP contribution in [0.25, 0.3) is 0 Å². The molecule has 1 N–H and O–H groups in total. The summed E-state index contributed by atoms with van der Waals surface area (Å²) in [6.45, 7) is 1.47. The zero-order chi connectivity index (χ0) is 15.5. The van der Waals surface area contributed by atoms with Crippen molar-refractivity contribution in [3.05, 3.63) is 40.7 Å². The van der Waals surface area contributed by atoms with E-state index >= 15 is 0 Å². The molecule has 1 amide bonds. The second kappa shape index (κ2) is 6.29. The Labute approximate surface area is 126 Å². The van der Waals surface area contributed by atoms with Crippen molar-refractivity contribution in [2.24, 2.45) is 12.0 Å². The summed E-state index contributed by atoms with van der Waals surface area (Å²) >= 11 is 0.844. The summed E-state index contributed by atoms with van der Waals surface area (Å²) in [6.07, 6.45) is 0. The van der Waals surface area contributed by atoms with E-state index in [1.165, 1.54) is 18.7 Å². The third-order valence-electron chi connectivity index (χ3n) is 2.48. The normalized spacial score (nSPS) is 12.6. The van der Waals surface area contributed by atoms with Crippen molar-refractivity contribution in [2.75, 3.05) is 0 Å². The van der Waals surface area contributed by atoms with Crippen LogP contribution in [0.4, 0.5) is 0 Å². The van der Waals surface area contributed by atoms with Crippen molar-refractivity contribution >= 4 is 27.3 Å². The van der Waals surface area contributed by atoms with E-state index < -0.39 is 15.9 Å². The van der Waals surface area contributed by atoms with Crippen LogP contribution in [-0.2, 0) is 28.4 Å². The van der Waals surface area contributed by atoms with Gasteiger partial charge < -0.3 is 0 Å². The maximum atomic E-state index is 12.2. The highest BCUT2D eigenvalue weighted by molar-refractivity contribution is 7.91. The number of carbonyl (C=O) groups is 1. The standard InChI is InChI=1S/C12H14N4O3S2/c1-9(17)14-11-16(2)15-12(20-11)21(18,19)13-8-10-6-4-3-5-7-10/h3-7,13H,8H2,1-2H3. The number of sulfonamides is 1. The van der Waals surface area contributed by atoms with Crippen molar-refractivity contribution < 1.29 is 13.2 Å². The highest BCUT2D eigenvalue weighted by Crippen LogP contribution is 2.09. The molecular weight excluding hydrogens is 312 g/mol. The summed E-state index contributed by atoms with van der Waals surface area (Å²) in [5, 5.41) is 3.89. The molecule has 2 aromatic rings. The molecule has 0 unspecified atom stereocenters. The van der Waals surface area contributed by atoms with E-state index in [1.807, 2.05) is 30.3 Å². The Balaban J connectivity index is 2.22. The second-order valence-corrected chi connectivity index (χ2v) is 7.11. The Hall–Kier alpha value is -1.84. The summed E-state index contributed by atoms with van der Waals surface area (Å²) in [5.74, 6) is -0.407. The molecule has 7 nitrogen and oxygen atoms in total. The van der Waals surface area contributed by atoms with Gasteiger partial charge in [0.2, 0.25) is 15.0 Å². The molecule has 0 aliphatic heterocycles. The van der Waals surface area contributed by atoms with Crippen LogP contribution < -0.4 is 9.52 Å². The van der Waals surface area contributed by atoms with Crippen molar-refractivity contribution in [1.29, 1.82) is 0 Å². The molecule has 0 aliphatic rings. The van der Waals surface area contributed by atoms with Gasteiger partial charge in [0.1, 0.15) is 0 Å². The van der Waals surface area contributed by atoms with Gasteiger partial charge in [0, 0.05) is 20.5 Å². The van der Waals surface area contributed by atoms with Gasteiger partial charge in [0.15, 0.2) is 0 Å². The Morgan fingerprint density at radius 1 is 1.38 bits per heavy atom. The number of nitrogens with zero attached hydrogens (tertiary/aromatic N) is 3. The number of amides is 1. The summed E-state index contributed by atoms with van der Waals surface area (Å²) in [5.41, 5.74) is 0.843. The summed E-state index contributed by atoms with van der Waals surface area (Å²) in [6, 6.07) is 9.16. The van der Waals surface area contributed by atoms with Crippen LogP contribution in [0.5, 0.6) is 0 Å². The Morgan fingerprint density at radius 3 is 2.67 bits per heavy atom. The molecule has 1 aromatic heterocycles. The minimum absolute atomic E-state index is 0.124. The molecule has 0 radical (unpaired) electrons. The van der Waals surface area contributed by atoms with Crippen LogP contribution >= 0.6 is 11.3 Å². The van der Waals surface area contributed by atoms with Gasteiger partial charge in [0.05, 0.1) is 0 Å². The predicted molar refractivity (Wildman–Crippen MR) is 77.8 cm³/mol. The maximum absolute atomic E-state index is 12.2. The van der Waals surface area contributed by atoms with Crippen LogP contribution in [0, 0.1) is 0 Å². The van der Waals surface area contributed by atoms with Gasteiger partial charge >= 0.3 is 0 Å². The number of aromatic nitrogens is 2. The molecule has 112 valence electrons. The molecule has 0 saturated heterocycles. The lowest BCUT2D eigenvalue weighted by Crippen LogP contribution is -2.23. The first-order chi connectivity index (χ1) is 9.88. The van der Waals surface area contributed by atoms with Gasteiger partial charge in [0.25, 0.3) is 10.0 Å². The number of nitrogens with one attached hydrogen (secondary N) is 1. The number of hydrogen-bond acceptors (Lipinski definition) is 5. The number of rotatable bonds is 4. The zero-order valence-electron chi connectivity index (χ0n) is 11.5. The Kier molecular flexibility index (Phi) is 4.66. The van der Waals surface area contributed by atoms with Crippen LogP contribution in [0.3, 0.4) is 0 Å². The van der Waals surface area contributed by atoms with Gasteiger partial charge in [-0.1, -0.05) is 41.7 Å². The first kappa shape index (κ1) is 15.5. The SMILES string of the molecule is CC(=O)N=c1sc(S(=O)(=O)NCc2ccccc2)nn1C. The molecule has 9 heteroatoms. The molecule has 0 bridgehead atoms. The highest BCUT2D eigenvalue weighted by atomic mass is 32.2. The fraction of sp³-hybridized carbons (Fsp3) is 0.250.